The maximum Gasteiger partial charge on any atom is 0.140 e. The number of rotatable bonds is 3. The topological polar surface area (TPSA) is 35.8 Å². The summed E-state index contributed by atoms with van der Waals surface area (Å²) in [6, 6.07) is 14.7. The molecule has 0 bridgehead atoms. The van der Waals surface area contributed by atoms with E-state index < -0.39 is 5.82 Å². The molecular weight excluding hydrogens is 263 g/mol. The van der Waals surface area contributed by atoms with Crippen LogP contribution in [0.3, 0.4) is 0 Å². The molecular formula is C18H19FN2. The van der Waals surface area contributed by atoms with E-state index in [0.29, 0.717) is 6.54 Å². The van der Waals surface area contributed by atoms with Gasteiger partial charge in [-0.15, -0.1) is 0 Å². The van der Waals surface area contributed by atoms with Crippen molar-refractivity contribution in [2.45, 2.75) is 32.7 Å². The van der Waals surface area contributed by atoms with Crippen LogP contribution in [0.5, 0.6) is 0 Å². The molecule has 108 valence electrons. The van der Waals surface area contributed by atoms with E-state index in [0.717, 1.165) is 11.3 Å². The van der Waals surface area contributed by atoms with E-state index in [1.54, 1.807) is 12.1 Å². The summed E-state index contributed by atoms with van der Waals surface area (Å²) in [6.45, 7) is 7.09. The molecule has 0 aliphatic rings. The number of nitriles is 1. The van der Waals surface area contributed by atoms with Crippen LogP contribution in [0.25, 0.3) is 0 Å². The first kappa shape index (κ1) is 15.1. The number of halogens is 1. The molecule has 0 aromatic heterocycles. The zero-order valence-corrected chi connectivity index (χ0v) is 12.6. The van der Waals surface area contributed by atoms with Crippen LogP contribution in [0.4, 0.5) is 10.1 Å². The average Bonchev–Trinajstić information content (AvgIpc) is 2.46. The number of nitrogens with one attached hydrogen (secondary N) is 1. The Labute approximate surface area is 125 Å². The summed E-state index contributed by atoms with van der Waals surface area (Å²) in [6.07, 6.45) is 0. The van der Waals surface area contributed by atoms with Crippen molar-refractivity contribution in [1.29, 1.82) is 5.26 Å². The van der Waals surface area contributed by atoms with Crippen LogP contribution in [0.1, 0.15) is 37.5 Å². The van der Waals surface area contributed by atoms with Gasteiger partial charge in [0.1, 0.15) is 11.9 Å². The van der Waals surface area contributed by atoms with Crippen molar-refractivity contribution in [2.75, 3.05) is 5.32 Å². The molecule has 0 spiro atoms. The molecule has 0 amide bonds. The lowest BCUT2D eigenvalue weighted by molar-refractivity contribution is 0.590. The van der Waals surface area contributed by atoms with E-state index in [1.165, 1.54) is 11.6 Å². The first-order chi connectivity index (χ1) is 9.90. The van der Waals surface area contributed by atoms with E-state index in [4.69, 9.17) is 5.26 Å². The minimum absolute atomic E-state index is 0.0809. The van der Waals surface area contributed by atoms with Gasteiger partial charge in [0, 0.05) is 12.2 Å². The molecule has 2 aromatic rings. The Hall–Kier alpha value is -2.34. The first-order valence-electron chi connectivity index (χ1n) is 6.93. The van der Waals surface area contributed by atoms with E-state index in [2.05, 4.69) is 38.2 Å². The molecule has 1 N–H and O–H groups in total. The van der Waals surface area contributed by atoms with Crippen LogP contribution in [-0.4, -0.2) is 0 Å². The van der Waals surface area contributed by atoms with E-state index in [1.807, 2.05) is 18.2 Å². The molecule has 0 fully saturated rings. The Kier molecular flexibility index (Phi) is 4.28. The smallest absolute Gasteiger partial charge is 0.140 e. The monoisotopic (exact) mass is 282 g/mol. The molecule has 2 nitrogen and oxygen atoms in total. The lowest BCUT2D eigenvalue weighted by atomic mass is 9.87. The van der Waals surface area contributed by atoms with E-state index in [-0.39, 0.29) is 11.0 Å². The summed E-state index contributed by atoms with van der Waals surface area (Å²) in [5.74, 6) is -0.476. The lowest BCUT2D eigenvalue weighted by Crippen LogP contribution is -2.10. The van der Waals surface area contributed by atoms with Gasteiger partial charge in [0.2, 0.25) is 0 Å². The van der Waals surface area contributed by atoms with Crippen molar-refractivity contribution >= 4 is 5.69 Å². The molecule has 21 heavy (non-hydrogen) atoms. The highest BCUT2D eigenvalue weighted by Gasteiger charge is 2.12. The third kappa shape index (κ3) is 3.82. The van der Waals surface area contributed by atoms with E-state index in [9.17, 15) is 4.39 Å². The van der Waals surface area contributed by atoms with Crippen LogP contribution in [0, 0.1) is 17.1 Å². The van der Waals surface area contributed by atoms with Gasteiger partial charge in [-0.25, -0.2) is 4.39 Å². The van der Waals surface area contributed by atoms with Crippen LogP contribution in [0.15, 0.2) is 42.5 Å². The Morgan fingerprint density at radius 2 is 1.76 bits per heavy atom. The minimum atomic E-state index is -0.476. The molecule has 0 aliphatic carbocycles. The molecule has 0 atom stereocenters. The van der Waals surface area contributed by atoms with Gasteiger partial charge in [-0.05, 0) is 40.8 Å². The van der Waals surface area contributed by atoms with Gasteiger partial charge in [-0.3, -0.25) is 0 Å². The molecule has 2 rings (SSSR count). The lowest BCUT2D eigenvalue weighted by Gasteiger charge is -2.19. The Balaban J connectivity index is 2.05. The fourth-order valence-corrected chi connectivity index (χ4v) is 2.06. The van der Waals surface area contributed by atoms with Crippen LogP contribution >= 0.6 is 0 Å². The average molecular weight is 282 g/mol. The second-order valence-electron chi connectivity index (χ2n) is 6.11. The predicted octanol–water partition coefficient (Wildman–Crippen LogP) is 4.61. The number of benzene rings is 2. The van der Waals surface area contributed by atoms with Crippen molar-refractivity contribution in [2.24, 2.45) is 0 Å². The Morgan fingerprint density at radius 1 is 1.10 bits per heavy atom. The van der Waals surface area contributed by atoms with Crippen molar-refractivity contribution in [3.05, 3.63) is 65.0 Å². The number of hydrogen-bond acceptors (Lipinski definition) is 2. The van der Waals surface area contributed by atoms with Crippen molar-refractivity contribution < 1.29 is 4.39 Å². The highest BCUT2D eigenvalue weighted by molar-refractivity contribution is 5.46. The summed E-state index contributed by atoms with van der Waals surface area (Å²) in [5, 5.41) is 12.1. The van der Waals surface area contributed by atoms with Gasteiger partial charge in [0.25, 0.3) is 0 Å². The molecule has 0 saturated heterocycles. The van der Waals surface area contributed by atoms with Gasteiger partial charge >= 0.3 is 0 Å². The number of anilines is 1. The highest BCUT2D eigenvalue weighted by Crippen LogP contribution is 2.23. The first-order valence-corrected chi connectivity index (χ1v) is 6.93. The van der Waals surface area contributed by atoms with Gasteiger partial charge in [-0.2, -0.15) is 5.26 Å². The molecule has 0 heterocycles. The maximum atomic E-state index is 13.2. The summed E-state index contributed by atoms with van der Waals surface area (Å²) < 4.78 is 13.2. The third-order valence-electron chi connectivity index (χ3n) is 3.40. The quantitative estimate of drug-likeness (QED) is 0.892. The highest BCUT2D eigenvalue weighted by atomic mass is 19.1. The third-order valence-corrected chi connectivity index (χ3v) is 3.40. The van der Waals surface area contributed by atoms with Gasteiger partial charge in [0.15, 0.2) is 0 Å². The molecule has 0 aliphatic heterocycles. The fraction of sp³-hybridized carbons (Fsp3) is 0.278. The van der Waals surface area contributed by atoms with Gasteiger partial charge < -0.3 is 5.32 Å². The van der Waals surface area contributed by atoms with Crippen molar-refractivity contribution in [3.63, 3.8) is 0 Å². The second kappa shape index (κ2) is 5.97. The predicted molar refractivity (Wildman–Crippen MR) is 83.6 cm³/mol. The van der Waals surface area contributed by atoms with E-state index >= 15 is 0 Å². The Bertz CT molecular complexity index is 661. The molecule has 0 radical (unpaired) electrons. The normalized spacial score (nSPS) is 11.0. The summed E-state index contributed by atoms with van der Waals surface area (Å²) in [7, 11) is 0. The molecule has 3 heteroatoms. The van der Waals surface area contributed by atoms with Gasteiger partial charge in [-0.1, -0.05) is 39.0 Å². The Morgan fingerprint density at radius 3 is 2.33 bits per heavy atom. The van der Waals surface area contributed by atoms with Crippen LogP contribution in [0.2, 0.25) is 0 Å². The van der Waals surface area contributed by atoms with Gasteiger partial charge in [0.05, 0.1) is 5.56 Å². The second-order valence-corrected chi connectivity index (χ2v) is 6.11. The maximum absolute atomic E-state index is 13.2. The summed E-state index contributed by atoms with van der Waals surface area (Å²) >= 11 is 0. The largest absolute Gasteiger partial charge is 0.381 e. The summed E-state index contributed by atoms with van der Waals surface area (Å²) in [4.78, 5) is 0. The SMILES string of the molecule is CC(C)(C)c1ccc(NCc2ccc(F)c(C#N)c2)cc1. The molecule has 0 saturated carbocycles. The molecule has 0 unspecified atom stereocenters. The van der Waals surface area contributed by atoms with Crippen LogP contribution < -0.4 is 5.32 Å². The van der Waals surface area contributed by atoms with Crippen molar-refractivity contribution in [3.8, 4) is 6.07 Å². The zero-order valence-electron chi connectivity index (χ0n) is 12.6. The minimum Gasteiger partial charge on any atom is -0.381 e. The van der Waals surface area contributed by atoms with Crippen molar-refractivity contribution in [1.82, 2.24) is 0 Å². The summed E-state index contributed by atoms with van der Waals surface area (Å²) in [5.41, 5.74) is 3.38. The molecule has 2 aromatic carbocycles. The number of hydrogen-bond donors (Lipinski definition) is 1. The standard InChI is InChI=1S/C18H19FN2/c1-18(2,3)15-5-7-16(8-6-15)21-12-13-4-9-17(19)14(10-13)11-20/h4-10,21H,12H2,1-3H3. The zero-order chi connectivity index (χ0) is 15.5. The van der Waals surface area contributed by atoms with Crippen LogP contribution in [-0.2, 0) is 12.0 Å². The fourth-order valence-electron chi connectivity index (χ4n) is 2.06. The number of nitrogens with zero attached hydrogens (tertiary/aromatic N) is 1.